The molecule has 0 saturated carbocycles. The number of anilines is 1. The molecule has 0 radical (unpaired) electrons. The summed E-state index contributed by atoms with van der Waals surface area (Å²) in [5.41, 5.74) is 1.88. The lowest BCUT2D eigenvalue weighted by Gasteiger charge is -2.19. The van der Waals surface area contributed by atoms with E-state index in [2.05, 4.69) is 30.8 Å². The van der Waals surface area contributed by atoms with Crippen LogP contribution in [0.5, 0.6) is 0 Å². The number of benzene rings is 1. The highest BCUT2D eigenvalue weighted by Crippen LogP contribution is 2.23. The summed E-state index contributed by atoms with van der Waals surface area (Å²) in [5, 5.41) is 2.68. The minimum absolute atomic E-state index is 0.0526. The first-order valence-corrected chi connectivity index (χ1v) is 9.17. The second-order valence-corrected chi connectivity index (χ2v) is 8.30. The summed E-state index contributed by atoms with van der Waals surface area (Å²) in [6.07, 6.45) is 1.39. The number of unbranched alkanes of at least 4 members (excludes halogenated alkanes) is 1. The molecule has 0 aliphatic heterocycles. The van der Waals surface area contributed by atoms with Gasteiger partial charge in [-0.25, -0.2) is 13.1 Å². The van der Waals surface area contributed by atoms with Crippen molar-refractivity contribution in [2.24, 2.45) is 0 Å². The summed E-state index contributed by atoms with van der Waals surface area (Å²) in [6, 6.07) is 7.57. The molecule has 0 aromatic heterocycles. The molecule has 0 heterocycles. The van der Waals surface area contributed by atoms with E-state index in [1.54, 1.807) is 0 Å². The van der Waals surface area contributed by atoms with E-state index in [0.29, 0.717) is 12.1 Å². The number of nitrogens with one attached hydrogen (secondary N) is 2. The highest BCUT2D eigenvalue weighted by molar-refractivity contribution is 7.89. The van der Waals surface area contributed by atoms with Gasteiger partial charge >= 0.3 is 0 Å². The summed E-state index contributed by atoms with van der Waals surface area (Å²) in [7, 11) is -3.37. The number of hydrogen-bond donors (Lipinski definition) is 2. The fraction of sp³-hybridized carbons (Fsp3) is 0.562. The van der Waals surface area contributed by atoms with E-state index in [1.807, 2.05) is 31.2 Å². The molecule has 0 atom stereocenters. The highest BCUT2D eigenvalue weighted by atomic mass is 32.2. The van der Waals surface area contributed by atoms with Crippen molar-refractivity contribution in [1.29, 1.82) is 0 Å². The van der Waals surface area contributed by atoms with E-state index < -0.39 is 10.0 Å². The summed E-state index contributed by atoms with van der Waals surface area (Å²) in [5.74, 6) is -0.319. The third-order valence-electron chi connectivity index (χ3n) is 3.25. The lowest BCUT2D eigenvalue weighted by molar-refractivity contribution is -0.115. The molecule has 0 aliphatic carbocycles. The Hall–Kier alpha value is -1.40. The van der Waals surface area contributed by atoms with Gasteiger partial charge < -0.3 is 5.32 Å². The largest absolute Gasteiger partial charge is 0.325 e. The van der Waals surface area contributed by atoms with Gasteiger partial charge in [-0.2, -0.15) is 0 Å². The predicted octanol–water partition coefficient (Wildman–Crippen LogP) is 2.64. The quantitative estimate of drug-likeness (QED) is 0.809. The molecule has 124 valence electrons. The van der Waals surface area contributed by atoms with Gasteiger partial charge in [0, 0.05) is 5.69 Å². The minimum atomic E-state index is -3.37. The average molecular weight is 326 g/mol. The summed E-state index contributed by atoms with van der Waals surface area (Å²) in [6.45, 7) is 8.03. The van der Waals surface area contributed by atoms with Crippen molar-refractivity contribution in [1.82, 2.24) is 4.72 Å². The lowest BCUT2D eigenvalue weighted by atomic mass is 9.87. The number of amides is 1. The maximum atomic E-state index is 11.8. The topological polar surface area (TPSA) is 75.3 Å². The molecular formula is C16H26N2O3S. The fourth-order valence-electron chi connectivity index (χ4n) is 1.84. The Morgan fingerprint density at radius 2 is 1.73 bits per heavy atom. The zero-order valence-corrected chi connectivity index (χ0v) is 14.6. The van der Waals surface area contributed by atoms with Crippen LogP contribution in [0.4, 0.5) is 5.69 Å². The first-order chi connectivity index (χ1) is 10.1. The van der Waals surface area contributed by atoms with Crippen molar-refractivity contribution in [2.75, 3.05) is 17.6 Å². The standard InChI is InChI=1S/C16H26N2O3S/c1-5-6-11-22(20,21)17-12-15(19)18-14-9-7-13(8-10-14)16(2,3)4/h7-10,17H,5-6,11-12H2,1-4H3,(H,18,19). The minimum Gasteiger partial charge on any atom is -0.325 e. The van der Waals surface area contributed by atoms with Crippen LogP contribution in [0.15, 0.2) is 24.3 Å². The van der Waals surface area contributed by atoms with Gasteiger partial charge in [-0.1, -0.05) is 46.2 Å². The maximum absolute atomic E-state index is 11.8. The van der Waals surface area contributed by atoms with E-state index in [4.69, 9.17) is 0 Å². The third-order valence-corrected chi connectivity index (χ3v) is 4.66. The van der Waals surface area contributed by atoms with Crippen LogP contribution in [0.25, 0.3) is 0 Å². The van der Waals surface area contributed by atoms with Gasteiger partial charge in [-0.05, 0) is 29.5 Å². The molecule has 0 spiro atoms. The first kappa shape index (κ1) is 18.6. The predicted molar refractivity (Wildman–Crippen MR) is 90.5 cm³/mol. The van der Waals surface area contributed by atoms with Crippen molar-refractivity contribution < 1.29 is 13.2 Å². The van der Waals surface area contributed by atoms with Gasteiger partial charge in [0.25, 0.3) is 0 Å². The maximum Gasteiger partial charge on any atom is 0.239 e. The zero-order chi connectivity index (χ0) is 16.8. The van der Waals surface area contributed by atoms with Crippen LogP contribution in [0, 0.1) is 0 Å². The highest BCUT2D eigenvalue weighted by Gasteiger charge is 2.14. The zero-order valence-electron chi connectivity index (χ0n) is 13.8. The molecule has 0 aliphatic rings. The van der Waals surface area contributed by atoms with Gasteiger partial charge in [0.2, 0.25) is 15.9 Å². The Labute approximate surface area is 133 Å². The van der Waals surface area contributed by atoms with Crippen LogP contribution < -0.4 is 10.0 Å². The van der Waals surface area contributed by atoms with Gasteiger partial charge in [0.1, 0.15) is 0 Å². The average Bonchev–Trinajstić information content (AvgIpc) is 2.43. The molecule has 1 rings (SSSR count). The molecule has 6 heteroatoms. The molecule has 22 heavy (non-hydrogen) atoms. The van der Waals surface area contributed by atoms with Gasteiger partial charge in [-0.3, -0.25) is 4.79 Å². The number of hydrogen-bond acceptors (Lipinski definition) is 3. The molecule has 5 nitrogen and oxygen atoms in total. The monoisotopic (exact) mass is 326 g/mol. The second kappa shape index (κ2) is 7.74. The summed E-state index contributed by atoms with van der Waals surface area (Å²) in [4.78, 5) is 11.8. The van der Waals surface area contributed by atoms with E-state index in [-0.39, 0.29) is 23.6 Å². The molecule has 1 aromatic rings. The van der Waals surface area contributed by atoms with Gasteiger partial charge in [0.15, 0.2) is 0 Å². The Balaban J connectivity index is 2.52. The SMILES string of the molecule is CCCCS(=O)(=O)NCC(=O)Nc1ccc(C(C)(C)C)cc1. The van der Waals surface area contributed by atoms with Crippen molar-refractivity contribution >= 4 is 21.6 Å². The summed E-state index contributed by atoms with van der Waals surface area (Å²) >= 11 is 0. The molecule has 0 saturated heterocycles. The Morgan fingerprint density at radius 1 is 1.14 bits per heavy atom. The van der Waals surface area contributed by atoms with Crippen LogP contribution in [-0.2, 0) is 20.2 Å². The lowest BCUT2D eigenvalue weighted by Crippen LogP contribution is -2.34. The number of rotatable bonds is 7. The van der Waals surface area contributed by atoms with Crippen LogP contribution in [0.3, 0.4) is 0 Å². The number of sulfonamides is 1. The smallest absolute Gasteiger partial charge is 0.239 e. The Bertz CT molecular complexity index is 587. The van der Waals surface area contributed by atoms with Crippen molar-refractivity contribution in [3.8, 4) is 0 Å². The van der Waals surface area contributed by atoms with Gasteiger partial charge in [-0.15, -0.1) is 0 Å². The summed E-state index contributed by atoms with van der Waals surface area (Å²) < 4.78 is 25.5. The Kier molecular flexibility index (Phi) is 6.56. The van der Waals surface area contributed by atoms with Crippen LogP contribution in [0.1, 0.15) is 46.1 Å². The number of carbonyl (C=O) groups is 1. The molecule has 1 amide bonds. The van der Waals surface area contributed by atoms with Crippen LogP contribution in [-0.4, -0.2) is 26.6 Å². The van der Waals surface area contributed by atoms with E-state index in [0.717, 1.165) is 6.42 Å². The second-order valence-electron chi connectivity index (χ2n) is 6.37. The fourth-order valence-corrected chi connectivity index (χ4v) is 3.00. The molecule has 1 aromatic carbocycles. The molecule has 0 fully saturated rings. The van der Waals surface area contributed by atoms with E-state index >= 15 is 0 Å². The first-order valence-electron chi connectivity index (χ1n) is 7.52. The van der Waals surface area contributed by atoms with E-state index in [9.17, 15) is 13.2 Å². The van der Waals surface area contributed by atoms with Crippen molar-refractivity contribution in [3.05, 3.63) is 29.8 Å². The normalized spacial score (nSPS) is 12.2. The van der Waals surface area contributed by atoms with Crippen LogP contribution in [0.2, 0.25) is 0 Å². The van der Waals surface area contributed by atoms with Crippen LogP contribution >= 0.6 is 0 Å². The molecule has 2 N–H and O–H groups in total. The molecule has 0 unspecified atom stereocenters. The van der Waals surface area contributed by atoms with Gasteiger partial charge in [0.05, 0.1) is 12.3 Å². The van der Waals surface area contributed by atoms with Crippen molar-refractivity contribution in [3.63, 3.8) is 0 Å². The molecule has 0 bridgehead atoms. The Morgan fingerprint density at radius 3 is 2.23 bits per heavy atom. The third kappa shape index (κ3) is 6.58. The number of carbonyl (C=O) groups excluding carboxylic acids is 1. The molecular weight excluding hydrogens is 300 g/mol. The van der Waals surface area contributed by atoms with Crippen molar-refractivity contribution in [2.45, 2.75) is 46.0 Å². The van der Waals surface area contributed by atoms with E-state index in [1.165, 1.54) is 5.56 Å².